The van der Waals surface area contributed by atoms with Gasteiger partial charge in [0.25, 0.3) is 5.69 Å². The smallest absolute Gasteiger partial charge is 0.276 e. The van der Waals surface area contributed by atoms with E-state index >= 15 is 0 Å². The Kier molecular flexibility index (Phi) is 4.32. The van der Waals surface area contributed by atoms with E-state index in [4.69, 9.17) is 11.1 Å². The van der Waals surface area contributed by atoms with Crippen molar-refractivity contribution in [2.24, 2.45) is 5.84 Å². The van der Waals surface area contributed by atoms with E-state index in [9.17, 15) is 10.1 Å². The van der Waals surface area contributed by atoms with Crippen LogP contribution >= 0.6 is 15.9 Å². The predicted octanol–water partition coefficient (Wildman–Crippen LogP) is 2.65. The second-order valence-corrected chi connectivity index (χ2v) is 4.84. The molecule has 0 aliphatic rings. The lowest BCUT2D eigenvalue weighted by Gasteiger charge is -2.09. The van der Waals surface area contributed by atoms with Crippen LogP contribution in [0.4, 0.5) is 23.0 Å². The molecule has 0 aliphatic heterocycles. The number of pyridine rings is 1. The van der Waals surface area contributed by atoms with Crippen LogP contribution in [0.1, 0.15) is 5.56 Å². The van der Waals surface area contributed by atoms with Crippen LogP contribution in [0.25, 0.3) is 0 Å². The molecule has 0 unspecified atom stereocenters. The van der Waals surface area contributed by atoms with Crippen molar-refractivity contribution in [2.75, 3.05) is 10.7 Å². The van der Waals surface area contributed by atoms with Crippen LogP contribution in [0.15, 0.2) is 34.8 Å². The quantitative estimate of drug-likeness (QED) is 0.439. The molecule has 0 fully saturated rings. The first-order chi connectivity index (χ1) is 10.0. The molecule has 0 aliphatic carbocycles. The van der Waals surface area contributed by atoms with Gasteiger partial charge in [-0.15, -0.1) is 0 Å². The van der Waals surface area contributed by atoms with Crippen molar-refractivity contribution < 1.29 is 4.92 Å². The van der Waals surface area contributed by atoms with Crippen molar-refractivity contribution in [1.29, 1.82) is 5.26 Å². The first-order valence-electron chi connectivity index (χ1n) is 5.63. The van der Waals surface area contributed by atoms with E-state index < -0.39 is 4.92 Å². The van der Waals surface area contributed by atoms with Crippen molar-refractivity contribution in [3.05, 3.63) is 50.5 Å². The number of hydrogen-bond donors (Lipinski definition) is 3. The second-order valence-electron chi connectivity index (χ2n) is 3.92. The number of rotatable bonds is 4. The number of nitrogens with zero attached hydrogens (tertiary/aromatic N) is 3. The molecule has 106 valence electrons. The summed E-state index contributed by atoms with van der Waals surface area (Å²) in [4.78, 5) is 14.4. The number of hydrogen-bond acceptors (Lipinski definition) is 7. The fourth-order valence-corrected chi connectivity index (χ4v) is 1.98. The molecule has 1 aromatic heterocycles. The molecular formula is C12H9BrN6O2. The van der Waals surface area contributed by atoms with Crippen molar-refractivity contribution >= 4 is 38.9 Å². The molecule has 9 heteroatoms. The molecule has 0 saturated carbocycles. The Hall–Kier alpha value is -2.70. The molecule has 0 atom stereocenters. The molecule has 2 rings (SSSR count). The molecule has 0 saturated heterocycles. The molecule has 1 heterocycles. The lowest BCUT2D eigenvalue weighted by atomic mass is 10.2. The van der Waals surface area contributed by atoms with Crippen LogP contribution in [0.3, 0.4) is 0 Å². The van der Waals surface area contributed by atoms with Crippen LogP contribution in [-0.4, -0.2) is 9.91 Å². The zero-order valence-corrected chi connectivity index (χ0v) is 12.1. The fraction of sp³-hybridized carbons (Fsp3) is 0. The molecule has 21 heavy (non-hydrogen) atoms. The van der Waals surface area contributed by atoms with E-state index in [1.807, 2.05) is 6.07 Å². The normalized spacial score (nSPS) is 9.76. The average Bonchev–Trinajstić information content (AvgIpc) is 2.48. The Labute approximate surface area is 127 Å². The third-order valence-corrected chi connectivity index (χ3v) is 3.03. The van der Waals surface area contributed by atoms with Gasteiger partial charge in [0.1, 0.15) is 17.7 Å². The van der Waals surface area contributed by atoms with Crippen LogP contribution < -0.4 is 16.6 Å². The van der Waals surface area contributed by atoms with Gasteiger partial charge in [-0.3, -0.25) is 10.1 Å². The molecule has 2 aromatic rings. The summed E-state index contributed by atoms with van der Waals surface area (Å²) in [6.07, 6.45) is 0. The summed E-state index contributed by atoms with van der Waals surface area (Å²) < 4.78 is 0.751. The third kappa shape index (κ3) is 3.44. The number of benzene rings is 1. The molecule has 0 spiro atoms. The van der Waals surface area contributed by atoms with E-state index in [0.29, 0.717) is 11.3 Å². The highest BCUT2D eigenvalue weighted by Gasteiger charge is 2.12. The maximum Gasteiger partial charge on any atom is 0.276 e. The summed E-state index contributed by atoms with van der Waals surface area (Å²) in [7, 11) is 0. The van der Waals surface area contributed by atoms with Crippen LogP contribution in [-0.2, 0) is 0 Å². The fourth-order valence-electron chi connectivity index (χ4n) is 1.62. The van der Waals surface area contributed by atoms with Gasteiger partial charge < -0.3 is 10.7 Å². The number of nitrogen functional groups attached to an aromatic ring is 1. The van der Waals surface area contributed by atoms with E-state index in [-0.39, 0.29) is 17.3 Å². The van der Waals surface area contributed by atoms with Gasteiger partial charge in [0.15, 0.2) is 0 Å². The molecule has 8 nitrogen and oxygen atoms in total. The SMILES string of the molecule is N#Cc1cc(Br)ccc1Nc1cc([N+](=O)[O-])cc(NN)n1. The predicted molar refractivity (Wildman–Crippen MR) is 80.8 cm³/mol. The molecule has 4 N–H and O–H groups in total. The summed E-state index contributed by atoms with van der Waals surface area (Å²) >= 11 is 3.27. The molecule has 0 bridgehead atoms. The second kappa shape index (κ2) is 6.17. The monoisotopic (exact) mass is 348 g/mol. The Morgan fingerprint density at radius 2 is 2.05 bits per heavy atom. The van der Waals surface area contributed by atoms with E-state index in [1.165, 1.54) is 12.1 Å². The highest BCUT2D eigenvalue weighted by molar-refractivity contribution is 9.10. The zero-order valence-electron chi connectivity index (χ0n) is 10.5. The first-order valence-corrected chi connectivity index (χ1v) is 6.42. The molecular weight excluding hydrogens is 340 g/mol. The molecule has 1 aromatic carbocycles. The Morgan fingerprint density at radius 1 is 1.33 bits per heavy atom. The Morgan fingerprint density at radius 3 is 2.67 bits per heavy atom. The van der Waals surface area contributed by atoms with E-state index in [0.717, 1.165) is 4.47 Å². The highest BCUT2D eigenvalue weighted by Crippen LogP contribution is 2.26. The Bertz CT molecular complexity index is 743. The molecule has 0 radical (unpaired) electrons. The topological polar surface area (TPSA) is 130 Å². The largest absolute Gasteiger partial charge is 0.339 e. The van der Waals surface area contributed by atoms with Gasteiger partial charge in [-0.05, 0) is 18.2 Å². The molecule has 0 amide bonds. The maximum atomic E-state index is 10.9. The number of aromatic nitrogens is 1. The number of nitriles is 1. The van der Waals surface area contributed by atoms with E-state index in [1.54, 1.807) is 18.2 Å². The van der Waals surface area contributed by atoms with Gasteiger partial charge in [0.2, 0.25) is 0 Å². The summed E-state index contributed by atoms with van der Waals surface area (Å²) in [6.45, 7) is 0. The van der Waals surface area contributed by atoms with Crippen molar-refractivity contribution in [1.82, 2.24) is 4.98 Å². The minimum absolute atomic E-state index is 0.141. The summed E-state index contributed by atoms with van der Waals surface area (Å²) in [6, 6.07) is 9.52. The van der Waals surface area contributed by atoms with Gasteiger partial charge in [0.05, 0.1) is 28.3 Å². The van der Waals surface area contributed by atoms with Crippen molar-refractivity contribution in [3.8, 4) is 6.07 Å². The number of hydrazine groups is 1. The van der Waals surface area contributed by atoms with Gasteiger partial charge in [0, 0.05) is 4.47 Å². The standard InChI is InChI=1S/C12H9BrN6O2/c13-8-1-2-10(7(3-8)6-14)16-11-4-9(19(20)21)5-12(17-11)18-15/h1-5H,15H2,(H2,16,17,18). The summed E-state index contributed by atoms with van der Waals surface area (Å²) in [5, 5.41) is 22.8. The van der Waals surface area contributed by atoms with Crippen molar-refractivity contribution in [3.63, 3.8) is 0 Å². The third-order valence-electron chi connectivity index (χ3n) is 2.53. The number of anilines is 3. The van der Waals surface area contributed by atoms with Crippen LogP contribution in [0.2, 0.25) is 0 Å². The summed E-state index contributed by atoms with van der Waals surface area (Å²) in [5.74, 6) is 5.58. The zero-order chi connectivity index (χ0) is 15.4. The Balaban J connectivity index is 2.42. The van der Waals surface area contributed by atoms with Gasteiger partial charge in [-0.25, -0.2) is 10.8 Å². The minimum atomic E-state index is -0.555. The average molecular weight is 349 g/mol. The van der Waals surface area contributed by atoms with Gasteiger partial charge >= 0.3 is 0 Å². The van der Waals surface area contributed by atoms with Gasteiger partial charge in [-0.1, -0.05) is 15.9 Å². The van der Waals surface area contributed by atoms with Gasteiger partial charge in [-0.2, -0.15) is 5.26 Å². The van der Waals surface area contributed by atoms with Crippen LogP contribution in [0, 0.1) is 21.4 Å². The summed E-state index contributed by atoms with van der Waals surface area (Å²) in [5.41, 5.74) is 2.95. The number of nitrogens with two attached hydrogens (primary N) is 1. The number of nitrogens with one attached hydrogen (secondary N) is 2. The van der Waals surface area contributed by atoms with E-state index in [2.05, 4.69) is 31.7 Å². The number of nitro groups is 1. The lowest BCUT2D eigenvalue weighted by Crippen LogP contribution is -2.10. The number of halogens is 1. The first kappa shape index (κ1) is 14.7. The maximum absolute atomic E-state index is 10.9. The van der Waals surface area contributed by atoms with Crippen LogP contribution in [0.5, 0.6) is 0 Å². The highest BCUT2D eigenvalue weighted by atomic mass is 79.9. The van der Waals surface area contributed by atoms with Crippen molar-refractivity contribution in [2.45, 2.75) is 0 Å². The minimum Gasteiger partial charge on any atom is -0.339 e. The lowest BCUT2D eigenvalue weighted by molar-refractivity contribution is -0.384.